The van der Waals surface area contributed by atoms with Crippen LogP contribution in [0.3, 0.4) is 0 Å². The van der Waals surface area contributed by atoms with E-state index >= 15 is 0 Å². The summed E-state index contributed by atoms with van der Waals surface area (Å²) < 4.78 is 0. The van der Waals surface area contributed by atoms with Gasteiger partial charge >= 0.3 is 0 Å². The molecule has 0 radical (unpaired) electrons. The van der Waals surface area contributed by atoms with Crippen molar-refractivity contribution < 1.29 is 10.2 Å². The van der Waals surface area contributed by atoms with Gasteiger partial charge in [0.15, 0.2) is 0 Å². The number of aliphatic hydroxyl groups excluding tert-OH is 1. The average molecular weight is 314 g/mol. The first-order chi connectivity index (χ1) is 11.0. The van der Waals surface area contributed by atoms with E-state index in [0.29, 0.717) is 36.3 Å². The molecule has 0 bridgehead atoms. The van der Waals surface area contributed by atoms with Crippen molar-refractivity contribution in [1.82, 2.24) is 10.3 Å². The van der Waals surface area contributed by atoms with Crippen LogP contribution in [0.1, 0.15) is 27.9 Å². The van der Waals surface area contributed by atoms with Crippen molar-refractivity contribution in [2.24, 2.45) is 5.73 Å². The van der Waals surface area contributed by atoms with Crippen molar-refractivity contribution in [3.63, 3.8) is 0 Å². The Balaban J connectivity index is 1.92. The van der Waals surface area contributed by atoms with E-state index in [4.69, 9.17) is 11.1 Å². The maximum absolute atomic E-state index is 9.92. The molecule has 6 N–H and O–H groups in total. The number of hydrogen-bond acceptors (Lipinski definition) is 5. The van der Waals surface area contributed by atoms with Gasteiger partial charge in [0.05, 0.1) is 12.3 Å². The van der Waals surface area contributed by atoms with Crippen LogP contribution in [-0.4, -0.2) is 27.6 Å². The zero-order valence-corrected chi connectivity index (χ0v) is 13.1. The van der Waals surface area contributed by atoms with E-state index in [1.807, 2.05) is 18.2 Å². The standard InChI is InChI=1S/C17H22N4O2/c1-11-16(23)15(10-22)14(9-21-11)5-6-20-8-12-3-2-4-13(7-12)17(18)19/h2-4,7,9,20,22-23H,5-6,8,10H2,1H3,(H3,18,19). The molecule has 2 aromatic rings. The minimum Gasteiger partial charge on any atom is -0.506 e. The highest BCUT2D eigenvalue weighted by atomic mass is 16.3. The van der Waals surface area contributed by atoms with E-state index in [2.05, 4.69) is 10.3 Å². The van der Waals surface area contributed by atoms with Gasteiger partial charge in [-0.3, -0.25) is 10.4 Å². The van der Waals surface area contributed by atoms with Gasteiger partial charge in [-0.1, -0.05) is 18.2 Å². The SMILES string of the molecule is Cc1ncc(CCNCc2cccc(C(=N)N)c2)c(CO)c1O. The molecular formula is C17H22N4O2. The van der Waals surface area contributed by atoms with E-state index in [1.54, 1.807) is 19.2 Å². The van der Waals surface area contributed by atoms with Crippen LogP contribution in [0.5, 0.6) is 5.75 Å². The second kappa shape index (κ2) is 7.71. The fraction of sp³-hybridized carbons (Fsp3) is 0.294. The summed E-state index contributed by atoms with van der Waals surface area (Å²) in [4.78, 5) is 4.13. The summed E-state index contributed by atoms with van der Waals surface area (Å²) in [6.45, 7) is 2.84. The first-order valence-corrected chi connectivity index (χ1v) is 7.44. The van der Waals surface area contributed by atoms with E-state index in [9.17, 15) is 10.2 Å². The molecule has 1 heterocycles. The lowest BCUT2D eigenvalue weighted by molar-refractivity contribution is 0.273. The Labute approximate surface area is 135 Å². The molecule has 0 saturated heterocycles. The van der Waals surface area contributed by atoms with Gasteiger partial charge in [0.2, 0.25) is 0 Å². The first kappa shape index (κ1) is 16.9. The molecule has 122 valence electrons. The topological polar surface area (TPSA) is 115 Å². The normalized spacial score (nSPS) is 10.7. The van der Waals surface area contributed by atoms with Gasteiger partial charge in [-0.2, -0.15) is 0 Å². The van der Waals surface area contributed by atoms with Gasteiger partial charge in [-0.15, -0.1) is 0 Å². The lowest BCUT2D eigenvalue weighted by Crippen LogP contribution is -2.18. The lowest BCUT2D eigenvalue weighted by Gasteiger charge is -2.11. The number of hydrogen-bond donors (Lipinski definition) is 5. The van der Waals surface area contributed by atoms with Gasteiger partial charge < -0.3 is 21.3 Å². The molecule has 0 aliphatic heterocycles. The maximum Gasteiger partial charge on any atom is 0.142 e. The van der Waals surface area contributed by atoms with E-state index in [-0.39, 0.29) is 18.2 Å². The fourth-order valence-corrected chi connectivity index (χ4v) is 2.38. The molecule has 1 aromatic carbocycles. The summed E-state index contributed by atoms with van der Waals surface area (Å²) in [7, 11) is 0. The second-order valence-corrected chi connectivity index (χ2v) is 5.39. The Morgan fingerprint density at radius 3 is 2.87 bits per heavy atom. The van der Waals surface area contributed by atoms with Gasteiger partial charge in [-0.25, -0.2) is 0 Å². The molecule has 6 heteroatoms. The van der Waals surface area contributed by atoms with Gasteiger partial charge in [0.25, 0.3) is 0 Å². The minimum atomic E-state index is -0.203. The first-order valence-electron chi connectivity index (χ1n) is 7.44. The Bertz CT molecular complexity index is 701. The number of benzene rings is 1. The van der Waals surface area contributed by atoms with Crippen LogP contribution in [0.4, 0.5) is 0 Å². The third-order valence-corrected chi connectivity index (χ3v) is 3.73. The van der Waals surface area contributed by atoms with Crippen LogP contribution < -0.4 is 11.1 Å². The number of aromatic nitrogens is 1. The van der Waals surface area contributed by atoms with Crippen LogP contribution in [0, 0.1) is 12.3 Å². The minimum absolute atomic E-state index is 0.0562. The van der Waals surface area contributed by atoms with Crippen molar-refractivity contribution >= 4 is 5.84 Å². The highest BCUT2D eigenvalue weighted by Crippen LogP contribution is 2.23. The van der Waals surface area contributed by atoms with E-state index < -0.39 is 0 Å². The molecular weight excluding hydrogens is 292 g/mol. The second-order valence-electron chi connectivity index (χ2n) is 5.39. The third kappa shape index (κ3) is 4.28. The van der Waals surface area contributed by atoms with Gasteiger partial charge in [-0.05, 0) is 37.1 Å². The number of nitrogen functional groups attached to an aromatic ring is 1. The molecule has 1 aromatic heterocycles. The predicted molar refractivity (Wildman–Crippen MR) is 89.4 cm³/mol. The Kier molecular flexibility index (Phi) is 5.67. The maximum atomic E-state index is 9.92. The van der Waals surface area contributed by atoms with Crippen molar-refractivity contribution in [2.75, 3.05) is 6.54 Å². The van der Waals surface area contributed by atoms with Crippen LogP contribution in [0.15, 0.2) is 30.5 Å². The average Bonchev–Trinajstić information content (AvgIpc) is 2.55. The number of nitrogens with zero attached hydrogens (tertiary/aromatic N) is 1. The predicted octanol–water partition coefficient (Wildman–Crippen LogP) is 1.20. The number of aliphatic hydroxyl groups is 1. The van der Waals surface area contributed by atoms with Crippen LogP contribution in [0.2, 0.25) is 0 Å². The number of nitrogens with two attached hydrogens (primary N) is 1. The summed E-state index contributed by atoms with van der Waals surface area (Å²) in [5.74, 6) is 0.125. The highest BCUT2D eigenvalue weighted by Gasteiger charge is 2.10. The van der Waals surface area contributed by atoms with Crippen molar-refractivity contribution in [2.45, 2.75) is 26.5 Å². The molecule has 23 heavy (non-hydrogen) atoms. The quantitative estimate of drug-likeness (QED) is 0.299. The Morgan fingerprint density at radius 1 is 1.39 bits per heavy atom. The summed E-state index contributed by atoms with van der Waals surface area (Å²) >= 11 is 0. The largest absolute Gasteiger partial charge is 0.506 e. The monoisotopic (exact) mass is 314 g/mol. The Morgan fingerprint density at radius 2 is 2.17 bits per heavy atom. The fourth-order valence-electron chi connectivity index (χ4n) is 2.38. The molecule has 0 aliphatic carbocycles. The number of rotatable bonds is 7. The summed E-state index contributed by atoms with van der Waals surface area (Å²) in [5, 5.41) is 30.1. The van der Waals surface area contributed by atoms with Crippen molar-refractivity contribution in [3.05, 3.63) is 58.4 Å². The molecule has 0 spiro atoms. The summed E-state index contributed by atoms with van der Waals surface area (Å²) in [6, 6.07) is 7.53. The van der Waals surface area contributed by atoms with E-state index in [1.165, 1.54) is 0 Å². The van der Waals surface area contributed by atoms with Crippen LogP contribution in [-0.2, 0) is 19.6 Å². The highest BCUT2D eigenvalue weighted by molar-refractivity contribution is 5.95. The molecule has 0 unspecified atom stereocenters. The van der Waals surface area contributed by atoms with Gasteiger partial charge in [0.1, 0.15) is 11.6 Å². The number of aryl methyl sites for hydroxylation is 1. The number of amidine groups is 1. The summed E-state index contributed by atoms with van der Waals surface area (Å²) in [6.07, 6.45) is 2.35. The smallest absolute Gasteiger partial charge is 0.142 e. The van der Waals surface area contributed by atoms with Crippen molar-refractivity contribution in [3.8, 4) is 5.75 Å². The lowest BCUT2D eigenvalue weighted by atomic mass is 10.1. The van der Waals surface area contributed by atoms with Crippen LogP contribution >= 0.6 is 0 Å². The molecule has 0 atom stereocenters. The third-order valence-electron chi connectivity index (χ3n) is 3.73. The molecule has 6 nitrogen and oxygen atoms in total. The molecule has 0 fully saturated rings. The molecule has 0 aliphatic rings. The summed E-state index contributed by atoms with van der Waals surface area (Å²) in [5.41, 5.74) is 9.13. The van der Waals surface area contributed by atoms with Crippen molar-refractivity contribution in [1.29, 1.82) is 5.41 Å². The number of nitrogens with one attached hydrogen (secondary N) is 2. The number of pyridine rings is 1. The molecule has 0 amide bonds. The van der Waals surface area contributed by atoms with Gasteiger partial charge in [0, 0.05) is 23.9 Å². The molecule has 0 saturated carbocycles. The van der Waals surface area contributed by atoms with E-state index in [0.717, 1.165) is 11.1 Å². The van der Waals surface area contributed by atoms with Crippen LogP contribution in [0.25, 0.3) is 0 Å². The zero-order chi connectivity index (χ0) is 16.8. The number of aromatic hydroxyl groups is 1. The zero-order valence-electron chi connectivity index (χ0n) is 13.1. The Hall–Kier alpha value is -2.44. The molecule has 2 rings (SSSR count).